The van der Waals surface area contributed by atoms with Crippen molar-refractivity contribution in [1.82, 2.24) is 5.32 Å². The second-order valence-corrected chi connectivity index (χ2v) is 5.56. The molecule has 0 aliphatic rings. The summed E-state index contributed by atoms with van der Waals surface area (Å²) in [4.78, 5) is 11.8. The van der Waals surface area contributed by atoms with Gasteiger partial charge in [0, 0.05) is 6.54 Å². The standard InChI is InChI=1S/C19H23NO3/c1-14-6-3-4-7-16(14)10-11-20-19(22)13-23-18-9-5-8-17(12-18)15(2)21/h3-9,12,15,21H,10-11,13H2,1-2H3,(H,20,22). The molecule has 0 heterocycles. The number of hydrogen-bond acceptors (Lipinski definition) is 3. The maximum Gasteiger partial charge on any atom is 0.257 e. The second-order valence-electron chi connectivity index (χ2n) is 5.56. The Morgan fingerprint density at radius 3 is 2.74 bits per heavy atom. The van der Waals surface area contributed by atoms with Crippen LogP contribution >= 0.6 is 0 Å². The van der Waals surface area contributed by atoms with Gasteiger partial charge in [-0.1, -0.05) is 36.4 Å². The van der Waals surface area contributed by atoms with Crippen molar-refractivity contribution in [2.75, 3.05) is 13.2 Å². The topological polar surface area (TPSA) is 58.6 Å². The van der Waals surface area contributed by atoms with Gasteiger partial charge in [0.1, 0.15) is 5.75 Å². The SMILES string of the molecule is Cc1ccccc1CCNC(=O)COc1cccc(C(C)O)c1. The first kappa shape index (κ1) is 17.0. The number of hydrogen-bond donors (Lipinski definition) is 2. The lowest BCUT2D eigenvalue weighted by Gasteiger charge is -2.10. The quantitative estimate of drug-likeness (QED) is 0.826. The van der Waals surface area contributed by atoms with E-state index in [0.717, 1.165) is 12.0 Å². The number of carbonyl (C=O) groups is 1. The van der Waals surface area contributed by atoms with E-state index in [9.17, 15) is 9.90 Å². The van der Waals surface area contributed by atoms with E-state index in [0.29, 0.717) is 12.3 Å². The summed E-state index contributed by atoms with van der Waals surface area (Å²) in [5.41, 5.74) is 3.23. The molecule has 2 N–H and O–H groups in total. The smallest absolute Gasteiger partial charge is 0.257 e. The van der Waals surface area contributed by atoms with E-state index < -0.39 is 6.10 Å². The van der Waals surface area contributed by atoms with Crippen LogP contribution in [0, 0.1) is 6.92 Å². The van der Waals surface area contributed by atoms with Crippen molar-refractivity contribution in [3.05, 3.63) is 65.2 Å². The molecule has 1 amide bonds. The van der Waals surface area contributed by atoms with Crippen LogP contribution in [0.2, 0.25) is 0 Å². The van der Waals surface area contributed by atoms with Crippen LogP contribution in [0.25, 0.3) is 0 Å². The summed E-state index contributed by atoms with van der Waals surface area (Å²) in [6.07, 6.45) is 0.247. The lowest BCUT2D eigenvalue weighted by atomic mass is 10.1. The van der Waals surface area contributed by atoms with Crippen molar-refractivity contribution in [3.8, 4) is 5.75 Å². The minimum atomic E-state index is -0.554. The minimum absolute atomic E-state index is 0.0307. The summed E-state index contributed by atoms with van der Waals surface area (Å²) in [6, 6.07) is 15.3. The van der Waals surface area contributed by atoms with E-state index in [2.05, 4.69) is 24.4 Å². The van der Waals surface area contributed by atoms with Crippen LogP contribution < -0.4 is 10.1 Å². The number of amides is 1. The second kappa shape index (κ2) is 8.34. The van der Waals surface area contributed by atoms with Crippen molar-refractivity contribution in [2.24, 2.45) is 0 Å². The van der Waals surface area contributed by atoms with Gasteiger partial charge in [0.25, 0.3) is 5.91 Å². The first-order valence-corrected chi connectivity index (χ1v) is 7.78. The highest BCUT2D eigenvalue weighted by Gasteiger charge is 2.05. The van der Waals surface area contributed by atoms with Crippen LogP contribution in [-0.2, 0) is 11.2 Å². The summed E-state index contributed by atoms with van der Waals surface area (Å²) >= 11 is 0. The third kappa shape index (κ3) is 5.42. The number of benzene rings is 2. The lowest BCUT2D eigenvalue weighted by molar-refractivity contribution is -0.123. The molecule has 0 aromatic heterocycles. The molecule has 0 bridgehead atoms. The fourth-order valence-electron chi connectivity index (χ4n) is 2.29. The van der Waals surface area contributed by atoms with Gasteiger partial charge in [0.15, 0.2) is 6.61 Å². The molecule has 0 saturated carbocycles. The van der Waals surface area contributed by atoms with Gasteiger partial charge in [-0.15, -0.1) is 0 Å². The summed E-state index contributed by atoms with van der Waals surface area (Å²) in [5.74, 6) is 0.429. The molecule has 0 aliphatic heterocycles. The van der Waals surface area contributed by atoms with Crippen molar-refractivity contribution >= 4 is 5.91 Å². The van der Waals surface area contributed by atoms with E-state index in [1.54, 1.807) is 25.1 Å². The van der Waals surface area contributed by atoms with Crippen molar-refractivity contribution < 1.29 is 14.6 Å². The van der Waals surface area contributed by atoms with Gasteiger partial charge in [0.05, 0.1) is 6.10 Å². The van der Waals surface area contributed by atoms with Gasteiger partial charge in [0.2, 0.25) is 0 Å². The Balaban J connectivity index is 1.75. The van der Waals surface area contributed by atoms with E-state index in [4.69, 9.17) is 4.74 Å². The molecule has 0 aliphatic carbocycles. The molecule has 0 fully saturated rings. The highest BCUT2D eigenvalue weighted by Crippen LogP contribution is 2.18. The van der Waals surface area contributed by atoms with Gasteiger partial charge in [-0.25, -0.2) is 0 Å². The van der Waals surface area contributed by atoms with E-state index >= 15 is 0 Å². The Kier molecular flexibility index (Phi) is 6.18. The monoisotopic (exact) mass is 313 g/mol. The summed E-state index contributed by atoms with van der Waals surface area (Å²) in [5, 5.41) is 12.4. The Labute approximate surface area is 137 Å². The van der Waals surface area contributed by atoms with E-state index in [1.165, 1.54) is 11.1 Å². The molecule has 23 heavy (non-hydrogen) atoms. The molecule has 0 radical (unpaired) electrons. The maximum atomic E-state index is 11.8. The number of rotatable bonds is 7. The van der Waals surface area contributed by atoms with Crippen LogP contribution in [0.1, 0.15) is 29.7 Å². The summed E-state index contributed by atoms with van der Waals surface area (Å²) in [7, 11) is 0. The fraction of sp³-hybridized carbons (Fsp3) is 0.316. The predicted octanol–water partition coefficient (Wildman–Crippen LogP) is 2.79. The highest BCUT2D eigenvalue weighted by atomic mass is 16.5. The molecule has 2 rings (SSSR count). The van der Waals surface area contributed by atoms with Crippen LogP contribution in [-0.4, -0.2) is 24.2 Å². The van der Waals surface area contributed by atoms with Crippen molar-refractivity contribution in [3.63, 3.8) is 0 Å². The number of nitrogens with one attached hydrogen (secondary N) is 1. The fourth-order valence-corrected chi connectivity index (χ4v) is 2.29. The summed E-state index contributed by atoms with van der Waals surface area (Å²) < 4.78 is 5.46. The Bertz CT molecular complexity index is 653. The average Bonchev–Trinajstić information content (AvgIpc) is 2.55. The van der Waals surface area contributed by atoms with Gasteiger partial charge in [-0.05, 0) is 49.1 Å². The van der Waals surface area contributed by atoms with Gasteiger partial charge in [-0.2, -0.15) is 0 Å². The number of carbonyl (C=O) groups excluding carboxylic acids is 1. The number of aliphatic hydroxyl groups is 1. The van der Waals surface area contributed by atoms with Crippen molar-refractivity contribution in [1.29, 1.82) is 0 Å². The molecule has 2 aromatic carbocycles. The molecule has 2 aromatic rings. The Hall–Kier alpha value is -2.33. The molecule has 122 valence electrons. The van der Waals surface area contributed by atoms with Crippen LogP contribution in [0.15, 0.2) is 48.5 Å². The lowest BCUT2D eigenvalue weighted by Crippen LogP contribution is -2.30. The number of ether oxygens (including phenoxy) is 1. The molecule has 1 atom stereocenters. The van der Waals surface area contributed by atoms with Crippen molar-refractivity contribution in [2.45, 2.75) is 26.4 Å². The number of aliphatic hydroxyl groups excluding tert-OH is 1. The minimum Gasteiger partial charge on any atom is -0.484 e. The molecule has 4 heteroatoms. The third-order valence-electron chi connectivity index (χ3n) is 3.69. The maximum absolute atomic E-state index is 11.8. The zero-order valence-electron chi connectivity index (χ0n) is 13.6. The normalized spacial score (nSPS) is 11.8. The van der Waals surface area contributed by atoms with Crippen LogP contribution in [0.4, 0.5) is 0 Å². The van der Waals surface area contributed by atoms with Gasteiger partial charge in [-0.3, -0.25) is 4.79 Å². The number of aryl methyl sites for hydroxylation is 1. The third-order valence-corrected chi connectivity index (χ3v) is 3.69. The summed E-state index contributed by atoms with van der Waals surface area (Å²) in [6.45, 7) is 4.31. The van der Waals surface area contributed by atoms with Gasteiger partial charge >= 0.3 is 0 Å². The van der Waals surface area contributed by atoms with Crippen LogP contribution in [0.3, 0.4) is 0 Å². The molecule has 0 spiro atoms. The van der Waals surface area contributed by atoms with Gasteiger partial charge < -0.3 is 15.2 Å². The highest BCUT2D eigenvalue weighted by molar-refractivity contribution is 5.77. The Morgan fingerprint density at radius 2 is 2.00 bits per heavy atom. The van der Waals surface area contributed by atoms with E-state index in [-0.39, 0.29) is 12.5 Å². The zero-order chi connectivity index (χ0) is 16.7. The molecule has 0 saturated heterocycles. The largest absolute Gasteiger partial charge is 0.484 e. The zero-order valence-corrected chi connectivity index (χ0v) is 13.6. The molecule has 1 unspecified atom stereocenters. The first-order chi connectivity index (χ1) is 11.1. The molecular formula is C19H23NO3. The predicted molar refractivity (Wildman–Crippen MR) is 90.5 cm³/mol. The first-order valence-electron chi connectivity index (χ1n) is 7.78. The average molecular weight is 313 g/mol. The van der Waals surface area contributed by atoms with E-state index in [1.807, 2.05) is 18.2 Å². The Morgan fingerprint density at radius 1 is 1.22 bits per heavy atom. The molecular weight excluding hydrogens is 290 g/mol. The molecule has 4 nitrogen and oxygen atoms in total. The van der Waals surface area contributed by atoms with Crippen LogP contribution in [0.5, 0.6) is 5.75 Å².